The number of likely N-dealkylation sites (N-methyl/N-ethyl adjacent to an activating group) is 1. The first-order chi connectivity index (χ1) is 12.5. The molecule has 0 unspecified atom stereocenters. The predicted molar refractivity (Wildman–Crippen MR) is 95.9 cm³/mol. The molecule has 3 aromatic rings. The predicted octanol–water partition coefficient (Wildman–Crippen LogP) is 4.13. The van der Waals surface area contributed by atoms with Gasteiger partial charge in [-0.25, -0.2) is 13.8 Å². The van der Waals surface area contributed by atoms with Gasteiger partial charge in [0.25, 0.3) is 5.91 Å². The number of halogens is 2. The number of benzene rings is 2. The number of hydrogen-bond acceptors (Lipinski definition) is 4. The molecule has 4 nitrogen and oxygen atoms in total. The van der Waals surface area contributed by atoms with Crippen molar-refractivity contribution in [3.63, 3.8) is 0 Å². The number of carbonyl (C=O) groups is 1. The molecule has 0 spiro atoms. The average Bonchev–Trinajstić information content (AvgIpc) is 3.10. The maximum atomic E-state index is 13.5. The summed E-state index contributed by atoms with van der Waals surface area (Å²) in [6, 6.07) is 12.7. The molecule has 0 aliphatic rings. The molecular formula is C19H16F2N2O2S. The summed E-state index contributed by atoms with van der Waals surface area (Å²) in [5, 5.41) is 2.72. The van der Waals surface area contributed by atoms with E-state index in [0.717, 1.165) is 28.4 Å². The molecule has 26 heavy (non-hydrogen) atoms. The number of amides is 1. The Bertz CT molecular complexity index is 900. The van der Waals surface area contributed by atoms with Gasteiger partial charge in [0.05, 0.1) is 12.2 Å². The van der Waals surface area contributed by atoms with Crippen LogP contribution in [0.15, 0.2) is 53.9 Å². The lowest BCUT2D eigenvalue weighted by Crippen LogP contribution is -2.31. The summed E-state index contributed by atoms with van der Waals surface area (Å²) in [6.45, 7) is -0.0123. The van der Waals surface area contributed by atoms with Gasteiger partial charge in [0.15, 0.2) is 18.2 Å². The second kappa shape index (κ2) is 8.05. The lowest BCUT2D eigenvalue weighted by Gasteiger charge is -2.16. The Kier molecular flexibility index (Phi) is 5.58. The third-order valence-corrected chi connectivity index (χ3v) is 4.50. The van der Waals surface area contributed by atoms with Gasteiger partial charge in [-0.3, -0.25) is 4.79 Å². The number of rotatable bonds is 6. The van der Waals surface area contributed by atoms with E-state index in [1.807, 2.05) is 35.7 Å². The highest BCUT2D eigenvalue weighted by atomic mass is 32.1. The second-order valence-corrected chi connectivity index (χ2v) is 6.55. The molecule has 0 fully saturated rings. The van der Waals surface area contributed by atoms with Crippen molar-refractivity contribution in [3.8, 4) is 17.0 Å². The van der Waals surface area contributed by atoms with Gasteiger partial charge in [0, 0.05) is 24.1 Å². The number of thiazole rings is 1. The molecule has 0 aliphatic carbocycles. The highest BCUT2D eigenvalue weighted by Crippen LogP contribution is 2.22. The monoisotopic (exact) mass is 374 g/mol. The average molecular weight is 374 g/mol. The Balaban J connectivity index is 1.57. The zero-order valence-electron chi connectivity index (χ0n) is 14.0. The third kappa shape index (κ3) is 4.43. The number of aromatic nitrogens is 1. The van der Waals surface area contributed by atoms with Crippen LogP contribution >= 0.6 is 11.3 Å². The largest absolute Gasteiger partial charge is 0.481 e. The highest BCUT2D eigenvalue weighted by Gasteiger charge is 2.14. The van der Waals surface area contributed by atoms with Crippen LogP contribution < -0.4 is 4.74 Å². The molecule has 1 aromatic heterocycles. The van der Waals surface area contributed by atoms with E-state index < -0.39 is 11.6 Å². The van der Waals surface area contributed by atoms with Gasteiger partial charge in [0.2, 0.25) is 0 Å². The van der Waals surface area contributed by atoms with Crippen LogP contribution in [0, 0.1) is 11.6 Å². The van der Waals surface area contributed by atoms with Crippen LogP contribution in [-0.4, -0.2) is 29.4 Å². The molecule has 0 N–H and O–H groups in total. The summed E-state index contributed by atoms with van der Waals surface area (Å²) in [7, 11) is 1.62. The summed E-state index contributed by atoms with van der Waals surface area (Å²) >= 11 is 1.46. The molecule has 1 amide bonds. The van der Waals surface area contributed by atoms with E-state index in [0.29, 0.717) is 12.6 Å². The minimum absolute atomic E-state index is 0.159. The van der Waals surface area contributed by atoms with Gasteiger partial charge in [0.1, 0.15) is 10.8 Å². The SMILES string of the molecule is CN(Cc1nc(-c2ccccc2)cs1)C(=O)COc1ccc(F)cc1F. The molecular weight excluding hydrogens is 358 g/mol. The molecule has 1 heterocycles. The van der Waals surface area contributed by atoms with E-state index in [1.165, 1.54) is 16.2 Å². The van der Waals surface area contributed by atoms with Crippen molar-refractivity contribution >= 4 is 17.2 Å². The van der Waals surface area contributed by atoms with E-state index >= 15 is 0 Å². The lowest BCUT2D eigenvalue weighted by atomic mass is 10.2. The van der Waals surface area contributed by atoms with Gasteiger partial charge in [-0.05, 0) is 12.1 Å². The first-order valence-electron chi connectivity index (χ1n) is 7.84. The number of hydrogen-bond donors (Lipinski definition) is 0. The minimum atomic E-state index is -0.840. The van der Waals surface area contributed by atoms with Crippen molar-refractivity contribution in [2.45, 2.75) is 6.54 Å². The summed E-state index contributed by atoms with van der Waals surface area (Å²) in [5.41, 5.74) is 1.87. The number of nitrogens with zero attached hydrogens (tertiary/aromatic N) is 2. The Hall–Kier alpha value is -2.80. The van der Waals surface area contributed by atoms with Crippen molar-refractivity contribution in [1.82, 2.24) is 9.88 Å². The molecule has 0 saturated heterocycles. The van der Waals surface area contributed by atoms with E-state index in [4.69, 9.17) is 4.74 Å². The maximum Gasteiger partial charge on any atom is 0.260 e. The fraction of sp³-hybridized carbons (Fsp3) is 0.158. The summed E-state index contributed by atoms with van der Waals surface area (Å²) in [6.07, 6.45) is 0. The molecule has 3 rings (SSSR count). The van der Waals surface area contributed by atoms with E-state index in [-0.39, 0.29) is 18.3 Å². The van der Waals surface area contributed by atoms with Gasteiger partial charge < -0.3 is 9.64 Å². The van der Waals surface area contributed by atoms with Crippen LogP contribution in [-0.2, 0) is 11.3 Å². The zero-order chi connectivity index (χ0) is 18.5. The maximum absolute atomic E-state index is 13.5. The van der Waals surface area contributed by atoms with Crippen molar-refractivity contribution < 1.29 is 18.3 Å². The first-order valence-corrected chi connectivity index (χ1v) is 8.72. The van der Waals surface area contributed by atoms with Gasteiger partial charge in [-0.1, -0.05) is 30.3 Å². The standard InChI is InChI=1S/C19H16F2N2O2S/c1-23(19(24)11-25-17-8-7-14(20)9-15(17)21)10-18-22-16(12-26-18)13-5-3-2-4-6-13/h2-9,12H,10-11H2,1H3. The quantitative estimate of drug-likeness (QED) is 0.652. The number of carbonyl (C=O) groups excluding carboxylic acids is 1. The van der Waals surface area contributed by atoms with E-state index in [9.17, 15) is 13.6 Å². The molecule has 134 valence electrons. The van der Waals surface area contributed by atoms with E-state index in [1.54, 1.807) is 7.05 Å². The fourth-order valence-corrected chi connectivity index (χ4v) is 3.11. The molecule has 7 heteroatoms. The molecule has 2 aromatic carbocycles. The zero-order valence-corrected chi connectivity index (χ0v) is 14.8. The molecule has 0 atom stereocenters. The number of ether oxygens (including phenoxy) is 1. The van der Waals surface area contributed by atoms with Gasteiger partial charge >= 0.3 is 0 Å². The van der Waals surface area contributed by atoms with Crippen LogP contribution in [0.4, 0.5) is 8.78 Å². The third-order valence-electron chi connectivity index (χ3n) is 3.66. The fourth-order valence-electron chi connectivity index (χ4n) is 2.26. The summed E-state index contributed by atoms with van der Waals surface area (Å²) in [4.78, 5) is 18.1. The van der Waals surface area contributed by atoms with Crippen molar-refractivity contribution in [2.24, 2.45) is 0 Å². The summed E-state index contributed by atoms with van der Waals surface area (Å²) < 4.78 is 31.5. The normalized spacial score (nSPS) is 10.6. The molecule has 0 saturated carbocycles. The van der Waals surface area contributed by atoms with E-state index in [2.05, 4.69) is 4.98 Å². The second-order valence-electron chi connectivity index (χ2n) is 5.61. The summed E-state index contributed by atoms with van der Waals surface area (Å²) in [5.74, 6) is -2.02. The first kappa shape index (κ1) is 18.0. The van der Waals surface area contributed by atoms with Gasteiger partial charge in [-0.2, -0.15) is 0 Å². The minimum Gasteiger partial charge on any atom is -0.481 e. The Morgan fingerprint density at radius 3 is 2.69 bits per heavy atom. The van der Waals surface area contributed by atoms with Crippen LogP contribution in [0.5, 0.6) is 5.75 Å². The lowest BCUT2D eigenvalue weighted by molar-refractivity contribution is -0.132. The Morgan fingerprint density at radius 1 is 1.19 bits per heavy atom. The Labute approximate surface area is 153 Å². The Morgan fingerprint density at radius 2 is 1.96 bits per heavy atom. The smallest absolute Gasteiger partial charge is 0.260 e. The molecule has 0 radical (unpaired) electrons. The van der Waals surface area contributed by atoms with Crippen molar-refractivity contribution in [3.05, 3.63) is 70.6 Å². The van der Waals surface area contributed by atoms with Gasteiger partial charge in [-0.15, -0.1) is 11.3 Å². The molecule has 0 aliphatic heterocycles. The molecule has 0 bridgehead atoms. The topological polar surface area (TPSA) is 42.4 Å². The van der Waals surface area contributed by atoms with Crippen LogP contribution in [0.1, 0.15) is 5.01 Å². The van der Waals surface area contributed by atoms with Crippen molar-refractivity contribution in [1.29, 1.82) is 0 Å². The van der Waals surface area contributed by atoms with Crippen LogP contribution in [0.25, 0.3) is 11.3 Å². The van der Waals surface area contributed by atoms with Crippen LogP contribution in [0.3, 0.4) is 0 Å². The van der Waals surface area contributed by atoms with Crippen molar-refractivity contribution in [2.75, 3.05) is 13.7 Å². The highest BCUT2D eigenvalue weighted by molar-refractivity contribution is 7.09. The van der Waals surface area contributed by atoms with Crippen LogP contribution in [0.2, 0.25) is 0 Å².